The predicted octanol–water partition coefficient (Wildman–Crippen LogP) is 4.11. The van der Waals surface area contributed by atoms with Crippen molar-refractivity contribution in [2.75, 3.05) is 6.16 Å². The van der Waals surface area contributed by atoms with Gasteiger partial charge in [-0.15, -0.1) is 0 Å². The Morgan fingerprint density at radius 1 is 1.05 bits per heavy atom. The van der Waals surface area contributed by atoms with Gasteiger partial charge in [0, 0.05) is 0 Å². The molecule has 0 heterocycles. The van der Waals surface area contributed by atoms with Crippen molar-refractivity contribution in [3.05, 3.63) is 49.1 Å². The molecule has 0 unspecified atom stereocenters. The number of hydrogen-bond donors (Lipinski definition) is 3. The van der Waals surface area contributed by atoms with Gasteiger partial charge in [0.05, 0.1) is 13.3 Å². The van der Waals surface area contributed by atoms with Crippen molar-refractivity contribution in [1.82, 2.24) is 0 Å². The molecule has 0 aliphatic rings. The van der Waals surface area contributed by atoms with Gasteiger partial charge >= 0.3 is 7.60 Å². The summed E-state index contributed by atoms with van der Waals surface area (Å²) in [7, 11) is -3.99. The predicted molar refractivity (Wildman–Crippen MR) is 101 cm³/mol. The summed E-state index contributed by atoms with van der Waals surface area (Å²) in [4.78, 5) is 17.9. The zero-order valence-corrected chi connectivity index (χ0v) is 16.4. The first-order valence-electron chi connectivity index (χ1n) is 6.24. The molecule has 0 radical (unpaired) electrons. The van der Waals surface area contributed by atoms with Crippen LogP contribution in [0.5, 0.6) is 17.2 Å². The van der Waals surface area contributed by atoms with E-state index >= 15 is 0 Å². The van der Waals surface area contributed by atoms with Gasteiger partial charge in [-0.3, -0.25) is 4.57 Å². The molecule has 0 fully saturated rings. The number of benzene rings is 2. The van der Waals surface area contributed by atoms with Gasteiger partial charge in [-0.05, 0) is 93.6 Å². The van der Waals surface area contributed by atoms with E-state index in [9.17, 15) is 9.67 Å². The van der Waals surface area contributed by atoms with E-state index in [1.165, 1.54) is 0 Å². The maximum Gasteiger partial charge on any atom is 0.325 e. The van der Waals surface area contributed by atoms with Crippen LogP contribution in [0.15, 0.2) is 36.4 Å². The molecule has 0 aliphatic heterocycles. The normalized spacial score (nSPS) is 11.5. The van der Waals surface area contributed by atoms with E-state index in [1.54, 1.807) is 24.3 Å². The van der Waals surface area contributed by atoms with Gasteiger partial charge in [0.25, 0.3) is 0 Å². The van der Waals surface area contributed by atoms with Gasteiger partial charge in [0.2, 0.25) is 0 Å². The summed E-state index contributed by atoms with van der Waals surface area (Å²) in [5, 5.41) is 9.27. The van der Waals surface area contributed by atoms with Crippen molar-refractivity contribution in [2.45, 2.75) is 6.42 Å². The fourth-order valence-electron chi connectivity index (χ4n) is 1.76. The molecule has 118 valence electrons. The Kier molecular flexibility index (Phi) is 6.12. The Morgan fingerprint density at radius 2 is 1.59 bits per heavy atom. The molecule has 22 heavy (non-hydrogen) atoms. The lowest BCUT2D eigenvalue weighted by molar-refractivity contribution is 0.373. The molecular formula is C14H13I2O5P. The largest absolute Gasteiger partial charge is 0.508 e. The van der Waals surface area contributed by atoms with Crippen LogP contribution in [0.2, 0.25) is 0 Å². The molecule has 2 rings (SSSR count). The average Bonchev–Trinajstić information content (AvgIpc) is 2.42. The van der Waals surface area contributed by atoms with E-state index in [-0.39, 0.29) is 11.9 Å². The smallest absolute Gasteiger partial charge is 0.325 e. The highest BCUT2D eigenvalue weighted by atomic mass is 127. The van der Waals surface area contributed by atoms with Gasteiger partial charge in [0.1, 0.15) is 11.5 Å². The Labute approximate surface area is 155 Å². The van der Waals surface area contributed by atoms with Crippen molar-refractivity contribution in [3.63, 3.8) is 0 Å². The molecule has 0 atom stereocenters. The molecular weight excluding hydrogens is 533 g/mol. The van der Waals surface area contributed by atoms with Crippen LogP contribution in [0.25, 0.3) is 0 Å². The maximum atomic E-state index is 11.0. The van der Waals surface area contributed by atoms with Gasteiger partial charge < -0.3 is 19.6 Å². The van der Waals surface area contributed by atoms with E-state index in [0.29, 0.717) is 17.9 Å². The van der Waals surface area contributed by atoms with Gasteiger partial charge in [-0.25, -0.2) is 0 Å². The van der Waals surface area contributed by atoms with Crippen molar-refractivity contribution in [3.8, 4) is 17.2 Å². The minimum absolute atomic E-state index is 0.169. The molecule has 2 aromatic carbocycles. The molecule has 0 saturated carbocycles. The second kappa shape index (κ2) is 7.48. The maximum absolute atomic E-state index is 11.0. The zero-order valence-electron chi connectivity index (χ0n) is 11.2. The van der Waals surface area contributed by atoms with Crippen LogP contribution in [0.3, 0.4) is 0 Å². The number of phenolic OH excluding ortho intramolecular Hbond substituents is 1. The number of rotatable bonds is 5. The summed E-state index contributed by atoms with van der Waals surface area (Å²) in [6.45, 7) is 0. The summed E-state index contributed by atoms with van der Waals surface area (Å²) in [5.74, 6) is 1.47. The second-order valence-electron chi connectivity index (χ2n) is 4.62. The van der Waals surface area contributed by atoms with E-state index in [4.69, 9.17) is 14.5 Å². The van der Waals surface area contributed by atoms with Crippen molar-refractivity contribution in [2.24, 2.45) is 0 Å². The lowest BCUT2D eigenvalue weighted by Crippen LogP contribution is -1.98. The van der Waals surface area contributed by atoms with Gasteiger partial charge in [-0.2, -0.15) is 0 Å². The Bertz CT molecular complexity index is 689. The van der Waals surface area contributed by atoms with Crippen LogP contribution in [0, 0.1) is 7.14 Å². The Morgan fingerprint density at radius 3 is 2.09 bits per heavy atom. The fraction of sp³-hybridized carbons (Fsp3) is 0.143. The fourth-order valence-corrected chi connectivity index (χ4v) is 4.43. The minimum Gasteiger partial charge on any atom is -0.508 e. The average molecular weight is 546 g/mol. The number of aryl methyl sites for hydroxylation is 1. The van der Waals surface area contributed by atoms with E-state index < -0.39 is 7.60 Å². The SMILES string of the molecule is O=P(O)(O)CCc1cc(I)c(Oc2ccc(O)cc2)c(I)c1. The van der Waals surface area contributed by atoms with Crippen LogP contribution < -0.4 is 4.74 Å². The second-order valence-corrected chi connectivity index (χ2v) is 8.72. The van der Waals surface area contributed by atoms with Crippen molar-refractivity contribution in [1.29, 1.82) is 0 Å². The Balaban J connectivity index is 2.19. The molecule has 0 aliphatic carbocycles. The lowest BCUT2D eigenvalue weighted by Gasteiger charge is -2.12. The molecule has 0 saturated heterocycles. The summed E-state index contributed by atoms with van der Waals surface area (Å²) >= 11 is 4.26. The van der Waals surface area contributed by atoms with E-state index in [2.05, 4.69) is 45.2 Å². The van der Waals surface area contributed by atoms with Gasteiger partial charge in [-0.1, -0.05) is 0 Å². The van der Waals surface area contributed by atoms with Crippen molar-refractivity contribution >= 4 is 52.8 Å². The first kappa shape index (κ1) is 18.0. The molecule has 0 spiro atoms. The highest BCUT2D eigenvalue weighted by molar-refractivity contribution is 14.1. The number of aromatic hydroxyl groups is 1. The third-order valence-corrected chi connectivity index (χ3v) is 5.22. The molecule has 2 aromatic rings. The third kappa shape index (κ3) is 5.38. The number of halogens is 2. The van der Waals surface area contributed by atoms with Crippen molar-refractivity contribution < 1.29 is 24.2 Å². The summed E-state index contributed by atoms with van der Waals surface area (Å²) in [6.07, 6.45) is 0.146. The highest BCUT2D eigenvalue weighted by Crippen LogP contribution is 2.37. The number of phenols is 1. The lowest BCUT2D eigenvalue weighted by atomic mass is 10.2. The van der Waals surface area contributed by atoms with Crippen LogP contribution in [0.1, 0.15) is 5.56 Å². The first-order valence-corrected chi connectivity index (χ1v) is 10.2. The van der Waals surface area contributed by atoms with Crippen LogP contribution in [-0.2, 0) is 11.0 Å². The minimum atomic E-state index is -3.99. The molecule has 3 N–H and O–H groups in total. The molecule has 0 aromatic heterocycles. The molecule has 0 bridgehead atoms. The summed E-state index contributed by atoms with van der Waals surface area (Å²) in [5.41, 5.74) is 0.857. The summed E-state index contributed by atoms with van der Waals surface area (Å²) in [6, 6.07) is 10.1. The van der Waals surface area contributed by atoms with Crippen LogP contribution >= 0.6 is 52.8 Å². The van der Waals surface area contributed by atoms with E-state index in [0.717, 1.165) is 12.7 Å². The number of hydrogen-bond acceptors (Lipinski definition) is 3. The molecule has 5 nitrogen and oxygen atoms in total. The van der Waals surface area contributed by atoms with Crippen LogP contribution in [0.4, 0.5) is 0 Å². The van der Waals surface area contributed by atoms with E-state index in [1.807, 2.05) is 12.1 Å². The first-order chi connectivity index (χ1) is 10.2. The standard InChI is InChI=1S/C14H13I2O5P/c15-12-7-9(5-6-22(18,19)20)8-13(16)14(12)21-11-3-1-10(17)2-4-11/h1-4,7-8,17H,5-6H2,(H2,18,19,20). The third-order valence-electron chi connectivity index (χ3n) is 2.81. The summed E-state index contributed by atoms with van der Waals surface area (Å²) < 4.78 is 18.5. The quantitative estimate of drug-likeness (QED) is 0.389. The highest BCUT2D eigenvalue weighted by Gasteiger charge is 2.15. The van der Waals surface area contributed by atoms with Gasteiger partial charge in [0.15, 0.2) is 5.75 Å². The van der Waals surface area contributed by atoms with Crippen LogP contribution in [-0.4, -0.2) is 21.1 Å². The molecule has 0 amide bonds. The monoisotopic (exact) mass is 546 g/mol. The molecule has 8 heteroatoms. The topological polar surface area (TPSA) is 87.0 Å². The number of ether oxygens (including phenoxy) is 1. The zero-order chi connectivity index (χ0) is 16.3. The Hall–Kier alpha value is -0.350.